The Hall–Kier alpha value is -4.77. The molecule has 0 bridgehead atoms. The predicted molar refractivity (Wildman–Crippen MR) is 138 cm³/mol. The fraction of sp³-hybridized carbons (Fsp3) is 0.154. The summed E-state index contributed by atoms with van der Waals surface area (Å²) in [5.41, 5.74) is 0.996. The van der Waals surface area contributed by atoms with Crippen molar-refractivity contribution in [2.24, 2.45) is 0 Å². The molecule has 0 saturated carbocycles. The van der Waals surface area contributed by atoms with Crippen LogP contribution in [-0.4, -0.2) is 47.1 Å². The highest BCUT2D eigenvalue weighted by Crippen LogP contribution is 2.21. The second kappa shape index (κ2) is 13.5. The van der Waals surface area contributed by atoms with Crippen LogP contribution in [0, 0.1) is 0 Å². The number of rotatable bonds is 9. The van der Waals surface area contributed by atoms with Gasteiger partial charge >= 0.3 is 18.2 Å². The second-order valence-corrected chi connectivity index (χ2v) is 7.77. The molecule has 0 saturated heterocycles. The Morgan fingerprint density at radius 2 is 1.82 bits per heavy atom. The number of Topliss-reactive ketones (excluding diaryl/α,β-unsaturated/α-hetero) is 1. The van der Waals surface area contributed by atoms with Crippen molar-refractivity contribution >= 4 is 46.9 Å². The minimum absolute atomic E-state index is 0.00615. The molecule has 0 fully saturated rings. The number of hydroxylamine groups is 1. The summed E-state index contributed by atoms with van der Waals surface area (Å²) >= 11 is 5.79. The van der Waals surface area contributed by atoms with E-state index in [1.54, 1.807) is 19.1 Å². The fourth-order valence-electron chi connectivity index (χ4n) is 3.07. The predicted octanol–water partition coefficient (Wildman–Crippen LogP) is 5.02. The zero-order valence-electron chi connectivity index (χ0n) is 20.3. The highest BCUT2D eigenvalue weighted by atomic mass is 35.5. The molecule has 1 aromatic heterocycles. The third-order valence-corrected chi connectivity index (χ3v) is 4.90. The molecular formula is C26H23ClN4O7. The summed E-state index contributed by atoms with van der Waals surface area (Å²) in [5, 5.41) is 3.12. The van der Waals surface area contributed by atoms with Crippen molar-refractivity contribution in [2.75, 3.05) is 23.6 Å². The Kier molecular flexibility index (Phi) is 9.89. The van der Waals surface area contributed by atoms with E-state index < -0.39 is 18.2 Å². The first-order valence-electron chi connectivity index (χ1n) is 11.2. The lowest BCUT2D eigenvalue weighted by molar-refractivity contribution is 0.0414. The number of carbonyl (C=O) groups is 4. The van der Waals surface area contributed by atoms with E-state index in [0.717, 1.165) is 0 Å². The molecule has 11 nitrogen and oxygen atoms in total. The van der Waals surface area contributed by atoms with Gasteiger partial charge in [0.2, 0.25) is 5.28 Å². The maximum atomic E-state index is 12.9. The molecule has 0 aliphatic carbocycles. The van der Waals surface area contributed by atoms with Gasteiger partial charge in [0.1, 0.15) is 6.61 Å². The Balaban J connectivity index is 1.80. The van der Waals surface area contributed by atoms with Crippen molar-refractivity contribution in [3.05, 3.63) is 95.6 Å². The van der Waals surface area contributed by atoms with Crippen molar-refractivity contribution in [3.8, 4) is 0 Å². The lowest BCUT2D eigenvalue weighted by Crippen LogP contribution is -2.34. The van der Waals surface area contributed by atoms with Crippen LogP contribution in [0.15, 0.2) is 73.4 Å². The summed E-state index contributed by atoms with van der Waals surface area (Å²) < 4.78 is 9.89. The maximum Gasteiger partial charge on any atom is 0.448 e. The number of ketones is 1. The van der Waals surface area contributed by atoms with Crippen molar-refractivity contribution in [2.45, 2.75) is 13.3 Å². The van der Waals surface area contributed by atoms with Crippen LogP contribution in [0.2, 0.25) is 5.28 Å². The first-order chi connectivity index (χ1) is 18.3. The average Bonchev–Trinajstić information content (AvgIpc) is 2.90. The number of nitrogens with zero attached hydrogens (tertiary/aromatic N) is 3. The van der Waals surface area contributed by atoms with Gasteiger partial charge in [0.05, 0.1) is 30.0 Å². The molecule has 0 radical (unpaired) electrons. The van der Waals surface area contributed by atoms with Crippen LogP contribution in [0.1, 0.15) is 33.3 Å². The molecule has 0 unspecified atom stereocenters. The zero-order valence-corrected chi connectivity index (χ0v) is 21.0. The van der Waals surface area contributed by atoms with Crippen molar-refractivity contribution in [3.63, 3.8) is 0 Å². The van der Waals surface area contributed by atoms with Gasteiger partial charge < -0.3 is 14.3 Å². The molecule has 0 spiro atoms. The van der Waals surface area contributed by atoms with Gasteiger partial charge in [0.25, 0.3) is 0 Å². The molecule has 0 aliphatic heterocycles. The van der Waals surface area contributed by atoms with Crippen LogP contribution in [-0.2, 0) is 20.7 Å². The summed E-state index contributed by atoms with van der Waals surface area (Å²) in [4.78, 5) is 63.3. The number of ether oxygens (including phenoxy) is 2. The number of anilines is 2. The van der Waals surface area contributed by atoms with Gasteiger partial charge in [-0.25, -0.2) is 24.4 Å². The van der Waals surface area contributed by atoms with Crippen LogP contribution in [0.5, 0.6) is 0 Å². The van der Waals surface area contributed by atoms with Crippen LogP contribution in [0.25, 0.3) is 0 Å². The number of hydrogen-bond donors (Lipinski definition) is 1. The van der Waals surface area contributed by atoms with Crippen LogP contribution in [0.3, 0.4) is 0 Å². The highest BCUT2D eigenvalue weighted by Gasteiger charge is 2.24. The van der Waals surface area contributed by atoms with Gasteiger partial charge in [-0.05, 0) is 54.9 Å². The first-order valence-corrected chi connectivity index (χ1v) is 11.6. The topological polar surface area (TPSA) is 137 Å². The summed E-state index contributed by atoms with van der Waals surface area (Å²) in [7, 11) is 0. The van der Waals surface area contributed by atoms with Crippen molar-refractivity contribution in [1.29, 1.82) is 0 Å². The number of aromatic nitrogens is 2. The van der Waals surface area contributed by atoms with E-state index in [4.69, 9.17) is 25.9 Å². The monoisotopic (exact) mass is 538 g/mol. The van der Waals surface area contributed by atoms with E-state index in [1.807, 2.05) is 0 Å². The van der Waals surface area contributed by atoms with Gasteiger partial charge in [-0.2, -0.15) is 0 Å². The van der Waals surface area contributed by atoms with Gasteiger partial charge in [-0.3, -0.25) is 10.1 Å². The molecule has 1 heterocycles. The SMILES string of the molecule is C=CCOC(=O)Nc1cccc(C(=O)ON(C(=O)OCC)c2cccc(C(=O)Cc3ccnc(Cl)n3)c2)c1. The minimum atomic E-state index is -0.977. The number of halogens is 1. The first kappa shape index (κ1) is 27.8. The van der Waals surface area contributed by atoms with Gasteiger partial charge in [0.15, 0.2) is 5.78 Å². The standard InChI is InChI=1S/C26H23ClN4O7/c1-3-13-37-25(34)30-19-9-5-8-18(14-19)23(33)38-31(26(35)36-4-2)21-10-6-7-17(15-21)22(32)16-20-11-12-28-24(27)29-20/h3,5-12,14-15H,1,4,13,16H2,2H3,(H,30,34). The van der Waals surface area contributed by atoms with E-state index in [9.17, 15) is 19.2 Å². The van der Waals surface area contributed by atoms with E-state index in [2.05, 4.69) is 21.9 Å². The van der Waals surface area contributed by atoms with E-state index >= 15 is 0 Å². The number of carbonyl (C=O) groups excluding carboxylic acids is 4. The Labute approximate surface area is 222 Å². The van der Waals surface area contributed by atoms with Crippen molar-refractivity contribution in [1.82, 2.24) is 9.97 Å². The molecule has 0 atom stereocenters. The quantitative estimate of drug-likeness (QED) is 0.172. The molecule has 3 aromatic rings. The molecule has 38 heavy (non-hydrogen) atoms. The van der Waals surface area contributed by atoms with E-state index in [1.165, 1.54) is 54.7 Å². The van der Waals surface area contributed by atoms with Crippen LogP contribution in [0.4, 0.5) is 21.0 Å². The zero-order chi connectivity index (χ0) is 27.5. The number of nitrogens with one attached hydrogen (secondary N) is 1. The Bertz CT molecular complexity index is 1350. The smallest absolute Gasteiger partial charge is 0.447 e. The molecule has 0 aliphatic rings. The molecule has 3 rings (SSSR count). The molecule has 2 aromatic carbocycles. The number of amides is 2. The van der Waals surface area contributed by atoms with E-state index in [-0.39, 0.29) is 53.2 Å². The van der Waals surface area contributed by atoms with Gasteiger partial charge in [-0.1, -0.05) is 30.9 Å². The molecule has 196 valence electrons. The summed E-state index contributed by atoms with van der Waals surface area (Å²) in [5.74, 6) is -1.24. The molecular weight excluding hydrogens is 516 g/mol. The van der Waals surface area contributed by atoms with Crippen LogP contribution < -0.4 is 10.4 Å². The normalized spacial score (nSPS) is 10.2. The third kappa shape index (κ3) is 7.87. The summed E-state index contributed by atoms with van der Waals surface area (Å²) in [6, 6.07) is 13.3. The number of hydrogen-bond acceptors (Lipinski definition) is 9. The van der Waals surface area contributed by atoms with Gasteiger partial charge in [0, 0.05) is 17.4 Å². The van der Waals surface area contributed by atoms with Crippen LogP contribution >= 0.6 is 11.6 Å². The number of benzene rings is 2. The molecule has 1 N–H and O–H groups in total. The minimum Gasteiger partial charge on any atom is -0.447 e. The van der Waals surface area contributed by atoms with Gasteiger partial charge in [-0.15, -0.1) is 5.06 Å². The lowest BCUT2D eigenvalue weighted by atomic mass is 10.1. The lowest BCUT2D eigenvalue weighted by Gasteiger charge is -2.21. The average molecular weight is 539 g/mol. The third-order valence-electron chi connectivity index (χ3n) is 4.71. The van der Waals surface area contributed by atoms with Crippen molar-refractivity contribution < 1.29 is 33.5 Å². The highest BCUT2D eigenvalue weighted by molar-refractivity contribution is 6.28. The van der Waals surface area contributed by atoms with E-state index in [0.29, 0.717) is 10.8 Å². The summed E-state index contributed by atoms with van der Waals surface area (Å²) in [6.45, 7) is 5.06. The fourth-order valence-corrected chi connectivity index (χ4v) is 3.23. The molecule has 12 heteroatoms. The largest absolute Gasteiger partial charge is 0.448 e. The Morgan fingerprint density at radius 3 is 2.55 bits per heavy atom. The molecule has 2 amide bonds. The Morgan fingerprint density at radius 1 is 1.05 bits per heavy atom. The maximum absolute atomic E-state index is 12.9. The summed E-state index contributed by atoms with van der Waals surface area (Å²) in [6.07, 6.45) is 1.06. The second-order valence-electron chi connectivity index (χ2n) is 7.43.